The third-order valence-corrected chi connectivity index (χ3v) is 3.35. The Bertz CT molecular complexity index is 352. The molecule has 1 saturated heterocycles. The van der Waals surface area contributed by atoms with Crippen molar-refractivity contribution in [2.45, 2.75) is 19.1 Å². The Morgan fingerprint density at radius 2 is 2.17 bits per heavy atom. The van der Waals surface area contributed by atoms with Gasteiger partial charge in [-0.2, -0.15) is 0 Å². The van der Waals surface area contributed by atoms with Crippen molar-refractivity contribution in [3.8, 4) is 0 Å². The van der Waals surface area contributed by atoms with Gasteiger partial charge < -0.3 is 14.6 Å². The first kappa shape index (κ1) is 14.3. The molecule has 0 aromatic heterocycles. The second kappa shape index (κ2) is 6.23. The van der Waals surface area contributed by atoms with Crippen LogP contribution in [0, 0.1) is 20.2 Å². The van der Waals surface area contributed by atoms with Crippen LogP contribution < -0.4 is 0 Å². The van der Waals surface area contributed by atoms with E-state index in [0.29, 0.717) is 5.75 Å². The van der Waals surface area contributed by atoms with Gasteiger partial charge in [0.2, 0.25) is 0 Å². The Hall–Kier alpha value is -1.78. The second-order valence-corrected chi connectivity index (χ2v) is 4.52. The summed E-state index contributed by atoms with van der Waals surface area (Å²) in [7, 11) is 0. The molecule has 2 atom stereocenters. The van der Waals surface area contributed by atoms with Crippen LogP contribution in [0.2, 0.25) is 0 Å². The molecule has 1 aliphatic rings. The fourth-order valence-electron chi connectivity index (χ4n) is 1.40. The molecule has 0 aromatic rings. The Morgan fingerprint density at radius 3 is 2.61 bits per heavy atom. The smallest absolute Gasteiger partial charge is 0.294 e. The number of nitrogens with zero attached hydrogens (tertiary/aromatic N) is 3. The number of hydrogen-bond donors (Lipinski definition) is 0. The first-order valence-corrected chi connectivity index (χ1v) is 5.90. The molecule has 0 aromatic carbocycles. The van der Waals surface area contributed by atoms with E-state index >= 15 is 0 Å². The standard InChI is InChI=1S/C7H11N3O7S/c1-5-4-18-7(11)8(5)2-6(17-10(14)15)3-16-9(12)13/h5-6H,2-4H2,1H3. The molecule has 1 fully saturated rings. The number of thioether (sulfide) groups is 1. The largest absolute Gasteiger partial charge is 0.328 e. The van der Waals surface area contributed by atoms with Gasteiger partial charge in [0.1, 0.15) is 12.7 Å². The second-order valence-electron chi connectivity index (χ2n) is 3.55. The van der Waals surface area contributed by atoms with Gasteiger partial charge in [0.15, 0.2) is 0 Å². The van der Waals surface area contributed by atoms with E-state index in [4.69, 9.17) is 0 Å². The summed E-state index contributed by atoms with van der Waals surface area (Å²) >= 11 is 1.09. The SMILES string of the molecule is CC1CSC(=O)N1CC(CO[N+](=O)[O-])O[N+](=O)[O-]. The molecule has 1 amide bonds. The maximum absolute atomic E-state index is 11.4. The van der Waals surface area contributed by atoms with Gasteiger partial charge in [0.05, 0.1) is 6.54 Å². The molecule has 11 heteroatoms. The fourth-order valence-corrected chi connectivity index (χ4v) is 2.38. The highest BCUT2D eigenvalue weighted by molar-refractivity contribution is 8.13. The molecule has 2 unspecified atom stereocenters. The van der Waals surface area contributed by atoms with Crippen molar-refractivity contribution in [1.82, 2.24) is 4.90 Å². The van der Waals surface area contributed by atoms with Crippen LogP contribution in [0.4, 0.5) is 4.79 Å². The van der Waals surface area contributed by atoms with E-state index in [0.717, 1.165) is 11.8 Å². The average Bonchev–Trinajstić information content (AvgIpc) is 2.56. The summed E-state index contributed by atoms with van der Waals surface area (Å²) in [5, 5.41) is 17.9. The first-order valence-electron chi connectivity index (χ1n) is 4.92. The minimum Gasteiger partial charge on any atom is -0.328 e. The van der Waals surface area contributed by atoms with E-state index in [1.165, 1.54) is 4.90 Å². The van der Waals surface area contributed by atoms with Gasteiger partial charge in [-0.05, 0) is 6.92 Å². The number of carbonyl (C=O) groups is 1. The van der Waals surface area contributed by atoms with Crippen LogP contribution in [-0.4, -0.2) is 51.4 Å². The first-order chi connectivity index (χ1) is 8.40. The van der Waals surface area contributed by atoms with Gasteiger partial charge in [-0.3, -0.25) is 4.79 Å². The molecule has 0 bridgehead atoms. The summed E-state index contributed by atoms with van der Waals surface area (Å²) in [6.07, 6.45) is -1.18. The Kier molecular flexibility index (Phi) is 4.95. The van der Waals surface area contributed by atoms with Crippen LogP contribution in [0.3, 0.4) is 0 Å². The summed E-state index contributed by atoms with van der Waals surface area (Å²) in [6.45, 7) is 1.05. The van der Waals surface area contributed by atoms with Crippen molar-refractivity contribution in [2.75, 3.05) is 18.9 Å². The van der Waals surface area contributed by atoms with Crippen LogP contribution in [0.1, 0.15) is 6.92 Å². The molecule has 0 N–H and O–H groups in total. The number of amides is 1. The Balaban J connectivity index is 2.56. The summed E-state index contributed by atoms with van der Waals surface area (Å²) in [5.41, 5.74) is 0. The lowest BCUT2D eigenvalue weighted by Gasteiger charge is -2.24. The number of carbonyl (C=O) groups excluding carboxylic acids is 1. The van der Waals surface area contributed by atoms with Crippen LogP contribution in [-0.2, 0) is 9.68 Å². The van der Waals surface area contributed by atoms with Crippen LogP contribution >= 0.6 is 11.8 Å². The van der Waals surface area contributed by atoms with E-state index in [1.54, 1.807) is 6.92 Å². The lowest BCUT2D eigenvalue weighted by Crippen LogP contribution is -2.41. The zero-order valence-electron chi connectivity index (χ0n) is 9.38. The van der Waals surface area contributed by atoms with Crippen molar-refractivity contribution in [3.63, 3.8) is 0 Å². The van der Waals surface area contributed by atoms with Crippen LogP contribution in [0.25, 0.3) is 0 Å². The molecular weight excluding hydrogens is 270 g/mol. The molecule has 102 valence electrons. The summed E-state index contributed by atoms with van der Waals surface area (Å²) in [5.74, 6) is 0.570. The predicted molar refractivity (Wildman–Crippen MR) is 58.8 cm³/mol. The van der Waals surface area contributed by atoms with Gasteiger partial charge in [0.25, 0.3) is 15.4 Å². The van der Waals surface area contributed by atoms with E-state index in [1.807, 2.05) is 0 Å². The molecule has 0 aliphatic carbocycles. The molecule has 18 heavy (non-hydrogen) atoms. The normalized spacial score (nSPS) is 20.6. The fraction of sp³-hybridized carbons (Fsp3) is 0.857. The van der Waals surface area contributed by atoms with E-state index in [2.05, 4.69) is 9.68 Å². The maximum atomic E-state index is 11.4. The molecule has 0 spiro atoms. The third kappa shape index (κ3) is 4.24. The highest BCUT2D eigenvalue weighted by atomic mass is 32.2. The zero-order chi connectivity index (χ0) is 13.7. The van der Waals surface area contributed by atoms with E-state index < -0.39 is 22.9 Å². The van der Waals surface area contributed by atoms with Crippen molar-refractivity contribution in [3.05, 3.63) is 20.2 Å². The Labute approximate surface area is 105 Å². The number of rotatable bonds is 7. The molecule has 1 heterocycles. The summed E-state index contributed by atoms with van der Waals surface area (Å²) in [6, 6.07) is -0.101. The van der Waals surface area contributed by atoms with Gasteiger partial charge >= 0.3 is 0 Å². The molecule has 10 nitrogen and oxygen atoms in total. The quantitative estimate of drug-likeness (QED) is 0.482. The van der Waals surface area contributed by atoms with Gasteiger partial charge in [-0.15, -0.1) is 20.2 Å². The highest BCUT2D eigenvalue weighted by Gasteiger charge is 2.31. The van der Waals surface area contributed by atoms with Gasteiger partial charge in [-0.25, -0.2) is 0 Å². The predicted octanol–water partition coefficient (Wildman–Crippen LogP) is 0.329. The van der Waals surface area contributed by atoms with Crippen molar-refractivity contribution in [1.29, 1.82) is 0 Å². The minimum absolute atomic E-state index is 0.101. The lowest BCUT2D eigenvalue weighted by molar-refractivity contribution is -0.789. The van der Waals surface area contributed by atoms with Gasteiger partial charge in [-0.1, -0.05) is 11.8 Å². The molecule has 0 radical (unpaired) electrons. The average molecular weight is 281 g/mol. The summed E-state index contributed by atoms with van der Waals surface area (Å²) in [4.78, 5) is 41.3. The van der Waals surface area contributed by atoms with E-state index in [9.17, 15) is 25.0 Å². The molecule has 0 saturated carbocycles. The van der Waals surface area contributed by atoms with Crippen LogP contribution in [0.15, 0.2) is 0 Å². The number of hydrogen-bond acceptors (Lipinski definition) is 8. The maximum Gasteiger partial charge on any atom is 0.294 e. The topological polar surface area (TPSA) is 125 Å². The molecular formula is C7H11N3O7S. The van der Waals surface area contributed by atoms with Gasteiger partial charge in [0, 0.05) is 11.8 Å². The highest BCUT2D eigenvalue weighted by Crippen LogP contribution is 2.23. The molecule has 1 aliphatic heterocycles. The lowest BCUT2D eigenvalue weighted by atomic mass is 10.3. The third-order valence-electron chi connectivity index (χ3n) is 2.22. The Morgan fingerprint density at radius 1 is 1.50 bits per heavy atom. The van der Waals surface area contributed by atoms with Crippen molar-refractivity contribution < 1.29 is 24.6 Å². The zero-order valence-corrected chi connectivity index (χ0v) is 10.2. The van der Waals surface area contributed by atoms with Crippen molar-refractivity contribution >= 4 is 17.0 Å². The monoisotopic (exact) mass is 281 g/mol. The summed E-state index contributed by atoms with van der Waals surface area (Å²) < 4.78 is 0. The minimum atomic E-state index is -1.18. The molecule has 1 rings (SSSR count). The van der Waals surface area contributed by atoms with Crippen LogP contribution in [0.5, 0.6) is 0 Å². The van der Waals surface area contributed by atoms with Crippen molar-refractivity contribution in [2.24, 2.45) is 0 Å². The van der Waals surface area contributed by atoms with E-state index in [-0.39, 0.29) is 17.8 Å².